The van der Waals surface area contributed by atoms with Gasteiger partial charge in [-0.2, -0.15) is 0 Å². The van der Waals surface area contributed by atoms with Gasteiger partial charge < -0.3 is 4.42 Å². The standard InChI is InChI=1S/C37H28O2/c1-37(2)33-14-8-7-12-27(33)32-20-31-25-10-4-3-9-23(25)19-24(30(31)21-34(32)37)17-22-15-16-28-26-11-5-6-13-29(26)36(38)39-35(28)18-22/h3-16,18,20-21,24H,17,19H2,1-2H3. The zero-order valence-electron chi connectivity index (χ0n) is 22.1. The van der Waals surface area contributed by atoms with Gasteiger partial charge in [0.1, 0.15) is 5.58 Å². The Labute approximate surface area is 227 Å². The molecule has 0 spiro atoms. The minimum atomic E-state index is -0.274. The van der Waals surface area contributed by atoms with Crippen molar-refractivity contribution >= 4 is 21.7 Å². The largest absolute Gasteiger partial charge is 0.422 e. The van der Waals surface area contributed by atoms with Crippen molar-refractivity contribution in [1.29, 1.82) is 0 Å². The van der Waals surface area contributed by atoms with Crippen LogP contribution >= 0.6 is 0 Å². The van der Waals surface area contributed by atoms with E-state index in [0.717, 1.165) is 23.6 Å². The third-order valence-corrected chi connectivity index (χ3v) is 9.14. The molecule has 1 unspecified atom stereocenters. The van der Waals surface area contributed by atoms with E-state index in [1.165, 1.54) is 50.1 Å². The molecule has 0 saturated carbocycles. The van der Waals surface area contributed by atoms with E-state index in [0.29, 0.717) is 16.9 Å². The van der Waals surface area contributed by atoms with Crippen LogP contribution in [0.3, 0.4) is 0 Å². The summed E-state index contributed by atoms with van der Waals surface area (Å²) in [6.07, 6.45) is 1.88. The van der Waals surface area contributed by atoms with E-state index < -0.39 is 0 Å². The molecule has 0 bridgehead atoms. The van der Waals surface area contributed by atoms with Gasteiger partial charge in [0.2, 0.25) is 0 Å². The molecule has 1 aromatic heterocycles. The summed E-state index contributed by atoms with van der Waals surface area (Å²) in [6, 6.07) is 36.8. The third kappa shape index (κ3) is 3.24. The molecule has 2 heteroatoms. The molecule has 0 N–H and O–H groups in total. The van der Waals surface area contributed by atoms with Crippen LogP contribution in [0.25, 0.3) is 44.0 Å². The second-order valence-corrected chi connectivity index (χ2v) is 11.7. The SMILES string of the molecule is CC1(C)c2ccccc2-c2cc3c(cc21)C(Cc1ccc2c(c1)oc(=O)c1ccccc12)Cc1ccccc1-3. The van der Waals surface area contributed by atoms with E-state index in [1.54, 1.807) is 0 Å². The Morgan fingerprint density at radius 1 is 0.692 bits per heavy atom. The summed E-state index contributed by atoms with van der Waals surface area (Å²) in [4.78, 5) is 12.7. The Morgan fingerprint density at radius 3 is 2.31 bits per heavy atom. The molecule has 1 heterocycles. The molecular weight excluding hydrogens is 476 g/mol. The maximum absolute atomic E-state index is 12.7. The van der Waals surface area contributed by atoms with Crippen molar-refractivity contribution in [2.75, 3.05) is 0 Å². The van der Waals surface area contributed by atoms with Crippen LogP contribution in [0, 0.1) is 0 Å². The molecule has 0 saturated heterocycles. The summed E-state index contributed by atoms with van der Waals surface area (Å²) in [5.74, 6) is 0.337. The molecular formula is C37H28O2. The van der Waals surface area contributed by atoms with Gasteiger partial charge in [0.15, 0.2) is 0 Å². The van der Waals surface area contributed by atoms with Crippen molar-refractivity contribution < 1.29 is 4.42 Å². The Bertz CT molecular complexity index is 2020. The lowest BCUT2D eigenvalue weighted by molar-refractivity contribution is 0.568. The van der Waals surface area contributed by atoms with E-state index >= 15 is 0 Å². The van der Waals surface area contributed by atoms with Crippen molar-refractivity contribution in [3.63, 3.8) is 0 Å². The van der Waals surface area contributed by atoms with Crippen molar-refractivity contribution in [1.82, 2.24) is 0 Å². The molecule has 0 radical (unpaired) electrons. The lowest BCUT2D eigenvalue weighted by Gasteiger charge is -2.31. The summed E-state index contributed by atoms with van der Waals surface area (Å²) in [7, 11) is 0. The van der Waals surface area contributed by atoms with E-state index in [2.05, 4.69) is 92.7 Å². The lowest BCUT2D eigenvalue weighted by atomic mass is 9.73. The molecule has 6 aromatic rings. The predicted octanol–water partition coefficient (Wildman–Crippen LogP) is 8.80. The molecule has 39 heavy (non-hydrogen) atoms. The molecule has 0 aliphatic heterocycles. The second-order valence-electron chi connectivity index (χ2n) is 11.7. The first-order valence-corrected chi connectivity index (χ1v) is 13.8. The van der Waals surface area contributed by atoms with Gasteiger partial charge in [-0.3, -0.25) is 0 Å². The highest BCUT2D eigenvalue weighted by Crippen LogP contribution is 2.53. The van der Waals surface area contributed by atoms with Crippen LogP contribution in [-0.4, -0.2) is 0 Å². The van der Waals surface area contributed by atoms with Gasteiger partial charge in [-0.05, 0) is 92.4 Å². The van der Waals surface area contributed by atoms with E-state index in [9.17, 15) is 4.79 Å². The van der Waals surface area contributed by atoms with Crippen LogP contribution in [0.15, 0.2) is 112 Å². The first-order chi connectivity index (χ1) is 19.0. The van der Waals surface area contributed by atoms with Crippen LogP contribution < -0.4 is 5.63 Å². The molecule has 0 fully saturated rings. The van der Waals surface area contributed by atoms with Crippen LogP contribution in [0.2, 0.25) is 0 Å². The number of hydrogen-bond donors (Lipinski definition) is 0. The Morgan fingerprint density at radius 2 is 1.44 bits per heavy atom. The molecule has 2 nitrogen and oxygen atoms in total. The fraction of sp³-hybridized carbons (Fsp3) is 0.162. The summed E-state index contributed by atoms with van der Waals surface area (Å²) < 4.78 is 5.80. The van der Waals surface area contributed by atoms with Gasteiger partial charge in [0.25, 0.3) is 0 Å². The first kappa shape index (κ1) is 22.5. The molecule has 2 aliphatic carbocycles. The van der Waals surface area contributed by atoms with E-state index in [-0.39, 0.29) is 11.0 Å². The quantitative estimate of drug-likeness (QED) is 0.174. The fourth-order valence-electron chi connectivity index (χ4n) is 7.19. The normalized spacial score (nSPS) is 16.5. The molecule has 1 atom stereocenters. The molecule has 188 valence electrons. The second kappa shape index (κ2) is 8.04. The van der Waals surface area contributed by atoms with Crippen LogP contribution in [0.4, 0.5) is 0 Å². The summed E-state index contributed by atoms with van der Waals surface area (Å²) in [6.45, 7) is 4.71. The number of benzene rings is 5. The van der Waals surface area contributed by atoms with Crippen molar-refractivity contribution in [2.45, 2.75) is 38.0 Å². The van der Waals surface area contributed by atoms with Gasteiger partial charge in [-0.25, -0.2) is 4.79 Å². The molecule has 2 aliphatic rings. The predicted molar refractivity (Wildman–Crippen MR) is 160 cm³/mol. The average Bonchev–Trinajstić information content (AvgIpc) is 3.18. The van der Waals surface area contributed by atoms with Crippen LogP contribution in [-0.2, 0) is 18.3 Å². The highest BCUT2D eigenvalue weighted by atomic mass is 16.4. The maximum atomic E-state index is 12.7. The van der Waals surface area contributed by atoms with Crippen molar-refractivity contribution in [2.24, 2.45) is 0 Å². The van der Waals surface area contributed by atoms with Crippen LogP contribution in [0.5, 0.6) is 0 Å². The van der Waals surface area contributed by atoms with Crippen molar-refractivity contribution in [3.05, 3.63) is 141 Å². The lowest BCUT2D eigenvalue weighted by Crippen LogP contribution is -2.18. The Hall–Kier alpha value is -4.43. The van der Waals surface area contributed by atoms with Gasteiger partial charge in [-0.15, -0.1) is 0 Å². The third-order valence-electron chi connectivity index (χ3n) is 9.14. The monoisotopic (exact) mass is 504 g/mol. The van der Waals surface area contributed by atoms with Crippen LogP contribution in [0.1, 0.15) is 47.6 Å². The Balaban J connectivity index is 1.28. The number of rotatable bonds is 2. The van der Waals surface area contributed by atoms with E-state index in [1.807, 2.05) is 24.3 Å². The summed E-state index contributed by atoms with van der Waals surface area (Å²) in [5, 5.41) is 2.57. The highest BCUT2D eigenvalue weighted by molar-refractivity contribution is 6.04. The number of hydrogen-bond acceptors (Lipinski definition) is 2. The smallest absolute Gasteiger partial charge is 0.344 e. The molecule has 5 aromatic carbocycles. The van der Waals surface area contributed by atoms with Crippen molar-refractivity contribution in [3.8, 4) is 22.3 Å². The summed E-state index contributed by atoms with van der Waals surface area (Å²) >= 11 is 0. The average molecular weight is 505 g/mol. The zero-order chi connectivity index (χ0) is 26.3. The minimum absolute atomic E-state index is 0.0319. The Kier molecular flexibility index (Phi) is 4.65. The van der Waals surface area contributed by atoms with E-state index in [4.69, 9.17) is 4.42 Å². The number of fused-ring (bicyclic) bond motifs is 9. The van der Waals surface area contributed by atoms with Gasteiger partial charge in [-0.1, -0.05) is 98.8 Å². The van der Waals surface area contributed by atoms with Gasteiger partial charge >= 0.3 is 5.63 Å². The fourth-order valence-corrected chi connectivity index (χ4v) is 7.19. The minimum Gasteiger partial charge on any atom is -0.422 e. The maximum Gasteiger partial charge on any atom is 0.344 e. The molecule has 8 rings (SSSR count). The van der Waals surface area contributed by atoms with Gasteiger partial charge in [0, 0.05) is 10.8 Å². The molecule has 0 amide bonds. The topological polar surface area (TPSA) is 30.2 Å². The zero-order valence-corrected chi connectivity index (χ0v) is 22.1. The summed E-state index contributed by atoms with van der Waals surface area (Å²) in [5.41, 5.74) is 12.6. The highest BCUT2D eigenvalue weighted by Gasteiger charge is 2.37. The first-order valence-electron chi connectivity index (χ1n) is 13.8. The van der Waals surface area contributed by atoms with Gasteiger partial charge in [0.05, 0.1) is 5.39 Å².